The van der Waals surface area contributed by atoms with Gasteiger partial charge in [-0.1, -0.05) is 31.2 Å². The Bertz CT molecular complexity index is 1090. The number of hydrogen-bond acceptors (Lipinski definition) is 3. The van der Waals surface area contributed by atoms with Crippen LogP contribution < -0.4 is 0 Å². The second-order valence-corrected chi connectivity index (χ2v) is 7.33. The Labute approximate surface area is 154 Å². The summed E-state index contributed by atoms with van der Waals surface area (Å²) in [5.74, 6) is -0.282. The van der Waals surface area contributed by atoms with Crippen LogP contribution in [0.15, 0.2) is 48.5 Å². The van der Waals surface area contributed by atoms with Gasteiger partial charge in [0.05, 0.1) is 5.69 Å². The van der Waals surface area contributed by atoms with Crippen molar-refractivity contribution in [3.63, 3.8) is 0 Å². The van der Waals surface area contributed by atoms with E-state index >= 15 is 0 Å². The van der Waals surface area contributed by atoms with Gasteiger partial charge in [0.1, 0.15) is 17.2 Å². The first-order chi connectivity index (χ1) is 12.6. The Morgan fingerprint density at radius 2 is 1.73 bits per heavy atom. The van der Waals surface area contributed by atoms with E-state index in [0.29, 0.717) is 11.4 Å². The molecule has 4 rings (SSSR count). The van der Waals surface area contributed by atoms with Crippen LogP contribution in [0.3, 0.4) is 0 Å². The summed E-state index contributed by atoms with van der Waals surface area (Å²) < 4.78 is 15.2. The number of aromatic nitrogens is 2. The van der Waals surface area contributed by atoms with Crippen molar-refractivity contribution >= 4 is 22.6 Å². The summed E-state index contributed by atoms with van der Waals surface area (Å²) in [6.45, 7) is 4.10. The van der Waals surface area contributed by atoms with Gasteiger partial charge in [0.15, 0.2) is 11.2 Å². The first kappa shape index (κ1) is 16.7. The topological polar surface area (TPSA) is 34.4 Å². The fraction of sp³-hybridized carbons (Fsp3) is 0.143. The summed E-state index contributed by atoms with van der Waals surface area (Å²) in [6, 6.07) is 14.4. The smallest absolute Gasteiger partial charge is 0.195 e. The Balaban J connectivity index is 1.94. The quantitative estimate of drug-likeness (QED) is 0.445. The minimum Gasteiger partial charge on any atom is -0.296 e. The number of halogens is 1. The van der Waals surface area contributed by atoms with Crippen LogP contribution in [0, 0.1) is 12.7 Å². The molecule has 0 saturated heterocycles. The van der Waals surface area contributed by atoms with Crippen LogP contribution in [0.1, 0.15) is 27.9 Å². The van der Waals surface area contributed by atoms with Crippen LogP contribution in [0.2, 0.25) is 0 Å². The van der Waals surface area contributed by atoms with Crippen LogP contribution in [-0.4, -0.2) is 15.7 Å². The minimum absolute atomic E-state index is 0.282. The van der Waals surface area contributed by atoms with Gasteiger partial charge >= 0.3 is 0 Å². The van der Waals surface area contributed by atoms with E-state index in [2.05, 4.69) is 19.1 Å². The lowest BCUT2D eigenvalue weighted by Crippen LogP contribution is -1.95. The molecule has 0 bridgehead atoms. The van der Waals surface area contributed by atoms with Gasteiger partial charge in [-0.25, -0.2) is 9.37 Å². The second-order valence-electron chi connectivity index (χ2n) is 6.15. The lowest BCUT2D eigenvalue weighted by atomic mass is 10.1. The Kier molecular flexibility index (Phi) is 4.17. The lowest BCUT2D eigenvalue weighted by Gasteiger charge is -2.05. The highest BCUT2D eigenvalue weighted by Gasteiger charge is 2.20. The van der Waals surface area contributed by atoms with Crippen LogP contribution in [0.4, 0.5) is 4.39 Å². The third-order valence-corrected chi connectivity index (χ3v) is 5.50. The molecule has 0 aliphatic rings. The highest BCUT2D eigenvalue weighted by Crippen LogP contribution is 2.35. The predicted molar refractivity (Wildman–Crippen MR) is 103 cm³/mol. The zero-order chi connectivity index (χ0) is 18.3. The maximum absolute atomic E-state index is 13.3. The van der Waals surface area contributed by atoms with E-state index in [1.54, 1.807) is 12.1 Å². The van der Waals surface area contributed by atoms with Crippen molar-refractivity contribution in [1.29, 1.82) is 0 Å². The zero-order valence-electron chi connectivity index (χ0n) is 14.5. The van der Waals surface area contributed by atoms with Crippen molar-refractivity contribution in [3.05, 3.63) is 70.5 Å². The normalized spacial score (nSPS) is 11.2. The third-order valence-electron chi connectivity index (χ3n) is 4.55. The van der Waals surface area contributed by atoms with Crippen molar-refractivity contribution in [2.75, 3.05) is 0 Å². The monoisotopic (exact) mass is 364 g/mol. The summed E-state index contributed by atoms with van der Waals surface area (Å²) in [4.78, 5) is 18.4. The fourth-order valence-electron chi connectivity index (χ4n) is 3.20. The van der Waals surface area contributed by atoms with Gasteiger partial charge in [-0.05, 0) is 48.7 Å². The van der Waals surface area contributed by atoms with E-state index in [4.69, 9.17) is 4.98 Å². The van der Waals surface area contributed by atoms with Gasteiger partial charge in [-0.2, -0.15) is 0 Å². The van der Waals surface area contributed by atoms with E-state index in [1.165, 1.54) is 29.0 Å². The summed E-state index contributed by atoms with van der Waals surface area (Å²) in [6.07, 6.45) is 1.81. The van der Waals surface area contributed by atoms with Gasteiger partial charge in [-0.15, -0.1) is 11.3 Å². The van der Waals surface area contributed by atoms with Crippen molar-refractivity contribution < 1.29 is 9.18 Å². The second kappa shape index (κ2) is 6.50. The number of carbonyl (C=O) groups is 1. The molecule has 0 aliphatic heterocycles. The summed E-state index contributed by atoms with van der Waals surface area (Å²) in [7, 11) is 0. The van der Waals surface area contributed by atoms with Crippen molar-refractivity contribution in [3.8, 4) is 22.5 Å². The van der Waals surface area contributed by atoms with Crippen LogP contribution >= 0.6 is 11.3 Å². The van der Waals surface area contributed by atoms with Crippen LogP contribution in [-0.2, 0) is 6.42 Å². The van der Waals surface area contributed by atoms with Crippen molar-refractivity contribution in [1.82, 2.24) is 9.38 Å². The van der Waals surface area contributed by atoms with Gasteiger partial charge in [0.2, 0.25) is 0 Å². The highest BCUT2D eigenvalue weighted by molar-refractivity contribution is 7.17. The van der Waals surface area contributed by atoms with Gasteiger partial charge in [0.25, 0.3) is 0 Å². The molecule has 0 N–H and O–H groups in total. The molecule has 0 fully saturated rings. The zero-order valence-corrected chi connectivity index (χ0v) is 15.3. The number of aryl methyl sites for hydroxylation is 2. The number of hydrogen-bond donors (Lipinski definition) is 0. The molecule has 3 nitrogen and oxygen atoms in total. The number of benzene rings is 2. The molecular formula is C21H17FN2OS. The maximum atomic E-state index is 13.3. The summed E-state index contributed by atoms with van der Waals surface area (Å²) >= 11 is 1.53. The third kappa shape index (κ3) is 2.65. The first-order valence-electron chi connectivity index (χ1n) is 8.44. The molecule has 0 aliphatic carbocycles. The molecule has 2 aromatic carbocycles. The number of carbonyl (C=O) groups excluding carboxylic acids is 1. The van der Waals surface area contributed by atoms with E-state index in [-0.39, 0.29) is 5.82 Å². The van der Waals surface area contributed by atoms with E-state index < -0.39 is 0 Å². The maximum Gasteiger partial charge on any atom is 0.195 e. The fourth-order valence-corrected chi connectivity index (χ4v) is 4.20. The number of thiazole rings is 1. The number of nitrogens with zero attached hydrogens (tertiary/aromatic N) is 2. The number of rotatable bonds is 4. The number of imidazole rings is 1. The number of aldehydes is 1. The van der Waals surface area contributed by atoms with Crippen LogP contribution in [0.5, 0.6) is 0 Å². The molecule has 130 valence electrons. The molecule has 5 heteroatoms. The first-order valence-corrected chi connectivity index (χ1v) is 9.26. The van der Waals surface area contributed by atoms with Gasteiger partial charge in [0, 0.05) is 10.4 Å². The standard InChI is InChI=1S/C21H17FN2OS/c1-3-14-4-6-15(7-5-14)19-18(12-25)24-20(13(2)26-21(24)23-19)16-8-10-17(22)11-9-16/h4-12H,3H2,1-2H3. The summed E-state index contributed by atoms with van der Waals surface area (Å²) in [5.41, 5.74) is 5.11. The molecule has 0 amide bonds. The van der Waals surface area contributed by atoms with E-state index in [9.17, 15) is 9.18 Å². The summed E-state index contributed by atoms with van der Waals surface area (Å²) in [5, 5.41) is 0. The van der Waals surface area contributed by atoms with Crippen LogP contribution in [0.25, 0.3) is 27.5 Å². The number of fused-ring (bicyclic) bond motifs is 1. The Morgan fingerprint density at radius 3 is 2.35 bits per heavy atom. The molecule has 4 aromatic rings. The average Bonchev–Trinajstić information content (AvgIpc) is 3.17. The molecule has 2 heterocycles. The largest absolute Gasteiger partial charge is 0.296 e. The molecule has 2 aromatic heterocycles. The highest BCUT2D eigenvalue weighted by atomic mass is 32.1. The van der Waals surface area contributed by atoms with E-state index in [0.717, 1.165) is 39.4 Å². The van der Waals surface area contributed by atoms with Crippen molar-refractivity contribution in [2.45, 2.75) is 20.3 Å². The molecular weight excluding hydrogens is 347 g/mol. The molecule has 0 spiro atoms. The molecule has 0 unspecified atom stereocenters. The van der Waals surface area contributed by atoms with Gasteiger partial charge in [-0.3, -0.25) is 9.20 Å². The predicted octanol–water partition coefficient (Wildman–Crippen LogP) is 5.55. The Morgan fingerprint density at radius 1 is 1.08 bits per heavy atom. The van der Waals surface area contributed by atoms with E-state index in [1.807, 2.05) is 23.5 Å². The molecule has 0 radical (unpaired) electrons. The molecule has 0 saturated carbocycles. The van der Waals surface area contributed by atoms with Crippen molar-refractivity contribution in [2.24, 2.45) is 0 Å². The van der Waals surface area contributed by atoms with Gasteiger partial charge < -0.3 is 0 Å². The average molecular weight is 364 g/mol. The SMILES string of the molecule is CCc1ccc(-c2nc3sc(C)c(-c4ccc(F)cc4)n3c2C=O)cc1. The molecule has 0 atom stereocenters. The lowest BCUT2D eigenvalue weighted by molar-refractivity contribution is 0.111. The minimum atomic E-state index is -0.282. The Hall–Kier alpha value is -2.79. The molecule has 26 heavy (non-hydrogen) atoms.